The molecule has 7 nitrogen and oxygen atoms in total. The first-order valence-electron chi connectivity index (χ1n) is 13.3. The fourth-order valence-electron chi connectivity index (χ4n) is 4.06. The molecule has 0 aromatic heterocycles. The van der Waals surface area contributed by atoms with Crippen molar-refractivity contribution in [3.63, 3.8) is 0 Å². The molecule has 1 fully saturated rings. The van der Waals surface area contributed by atoms with Crippen LogP contribution in [0.25, 0.3) is 0 Å². The maximum atomic E-state index is 5.87. The zero-order valence-electron chi connectivity index (χ0n) is 22.2. The first-order valence-corrected chi connectivity index (χ1v) is 16.4. The van der Waals surface area contributed by atoms with Gasteiger partial charge in [-0.1, -0.05) is 51.4 Å². The van der Waals surface area contributed by atoms with Crippen LogP contribution in [0.15, 0.2) is 0 Å². The second kappa shape index (κ2) is 23.7. The van der Waals surface area contributed by atoms with E-state index >= 15 is 0 Å². The van der Waals surface area contributed by atoms with Gasteiger partial charge >= 0.3 is 8.80 Å². The van der Waals surface area contributed by atoms with E-state index in [2.05, 4.69) is 0 Å². The molecule has 0 atom stereocenters. The molecule has 0 aromatic carbocycles. The molecule has 0 amide bonds. The van der Waals surface area contributed by atoms with Crippen molar-refractivity contribution in [3.8, 4) is 0 Å². The third kappa shape index (κ3) is 17.7. The Morgan fingerprint density at radius 3 is 1.53 bits per heavy atom. The lowest BCUT2D eigenvalue weighted by Crippen LogP contribution is -2.42. The zero-order valence-corrected chi connectivity index (χ0v) is 24.0. The highest BCUT2D eigenvalue weighted by Crippen LogP contribution is 2.19. The minimum atomic E-state index is -2.38. The van der Waals surface area contributed by atoms with Crippen LogP contribution in [0.3, 0.4) is 0 Å². The fourth-order valence-corrected chi connectivity index (χ4v) is 6.53. The normalized spacial score (nSPS) is 18.8. The molecule has 34 heavy (non-hydrogen) atoms. The smallest absolute Gasteiger partial charge is 0.379 e. The molecule has 204 valence electrons. The molecule has 1 aliphatic heterocycles. The summed E-state index contributed by atoms with van der Waals surface area (Å²) in [5.41, 5.74) is 0. The average molecular weight is 525 g/mol. The van der Waals surface area contributed by atoms with Gasteiger partial charge < -0.3 is 32.2 Å². The van der Waals surface area contributed by atoms with Crippen molar-refractivity contribution in [3.05, 3.63) is 0 Å². The van der Waals surface area contributed by atoms with Gasteiger partial charge in [0, 0.05) is 44.8 Å². The van der Waals surface area contributed by atoms with Crippen LogP contribution in [0, 0.1) is 5.92 Å². The summed E-state index contributed by atoms with van der Waals surface area (Å²) in [6, 6.07) is 0.907. The van der Waals surface area contributed by atoms with Crippen LogP contribution in [0.1, 0.15) is 64.2 Å². The second-order valence-corrected chi connectivity index (χ2v) is 13.2. The second-order valence-electron chi connectivity index (χ2n) is 8.87. The predicted molar refractivity (Wildman–Crippen MR) is 142 cm³/mol. The van der Waals surface area contributed by atoms with Gasteiger partial charge in [-0.25, -0.2) is 0 Å². The number of unbranched alkanes of at least 4 members (excludes halogenated alkanes) is 8. The molecule has 0 unspecified atom stereocenters. The van der Waals surface area contributed by atoms with E-state index in [-0.39, 0.29) is 0 Å². The Kier molecular flexibility index (Phi) is 22.5. The molecule has 1 rings (SSSR count). The lowest BCUT2D eigenvalue weighted by atomic mass is 10.0. The Bertz CT molecular complexity index is 406. The van der Waals surface area contributed by atoms with Crippen molar-refractivity contribution < 1.29 is 32.2 Å². The zero-order chi connectivity index (χ0) is 24.6. The number of ether oxygens (including phenoxy) is 4. The highest BCUT2D eigenvalue weighted by Gasteiger charge is 2.36. The SMILES string of the molecule is CO[Si](CCCCCCCCCCCC1COCCOCCSCCOCCOC1)(OC)OC. The highest BCUT2D eigenvalue weighted by atomic mass is 32.2. The molecule has 0 saturated carbocycles. The molecule has 0 bridgehead atoms. The van der Waals surface area contributed by atoms with Crippen molar-refractivity contribution in [2.24, 2.45) is 5.92 Å². The minimum Gasteiger partial charge on any atom is -0.379 e. The molecule has 0 aliphatic carbocycles. The molecule has 0 radical (unpaired) electrons. The highest BCUT2D eigenvalue weighted by molar-refractivity contribution is 7.99. The standard InChI is InChI=1S/C25H52O7SSi/c1-26-34(27-2,28-3)22-12-10-8-6-4-5-7-9-11-13-25-23-31-16-14-29-18-20-33-21-19-30-15-17-32-24-25/h25H,4-24H2,1-3H3. The maximum absolute atomic E-state index is 5.87. The van der Waals surface area contributed by atoms with Crippen molar-refractivity contribution in [1.29, 1.82) is 0 Å². The van der Waals surface area contributed by atoms with Gasteiger partial charge in [-0.3, -0.25) is 0 Å². The third-order valence-corrected chi connectivity index (χ3v) is 9.97. The predicted octanol–water partition coefficient (Wildman–Crippen LogP) is 5.19. The van der Waals surface area contributed by atoms with Crippen LogP contribution < -0.4 is 0 Å². The summed E-state index contributed by atoms with van der Waals surface area (Å²) < 4.78 is 39.5. The molecule has 1 saturated heterocycles. The Hall–Kier alpha value is 0.287. The van der Waals surface area contributed by atoms with Crippen molar-refractivity contribution in [2.75, 3.05) is 85.7 Å². The van der Waals surface area contributed by atoms with Gasteiger partial charge in [-0.15, -0.1) is 0 Å². The average Bonchev–Trinajstić information content (AvgIpc) is 2.86. The quantitative estimate of drug-likeness (QED) is 0.214. The van der Waals surface area contributed by atoms with Gasteiger partial charge in [0.15, 0.2) is 0 Å². The third-order valence-electron chi connectivity index (χ3n) is 6.22. The number of hydrogen-bond acceptors (Lipinski definition) is 8. The molecule has 1 heterocycles. The minimum absolute atomic E-state index is 0.463. The van der Waals surface area contributed by atoms with Crippen molar-refractivity contribution in [2.45, 2.75) is 70.3 Å². The topological polar surface area (TPSA) is 64.6 Å². The lowest BCUT2D eigenvalue weighted by Gasteiger charge is -2.24. The summed E-state index contributed by atoms with van der Waals surface area (Å²) in [6.45, 7) is 5.82. The van der Waals surface area contributed by atoms with E-state index in [0.717, 1.165) is 50.4 Å². The molecule has 0 spiro atoms. The van der Waals surface area contributed by atoms with E-state index in [9.17, 15) is 0 Å². The Labute approximate surface area is 214 Å². The molecular formula is C25H52O7SSi. The van der Waals surface area contributed by atoms with Gasteiger partial charge in [-0.05, 0) is 12.8 Å². The first kappa shape index (κ1) is 32.3. The lowest BCUT2D eigenvalue weighted by molar-refractivity contribution is -0.00365. The van der Waals surface area contributed by atoms with E-state index in [1.807, 2.05) is 11.8 Å². The molecule has 9 heteroatoms. The molecule has 0 aromatic rings. The number of thioether (sulfide) groups is 1. The maximum Gasteiger partial charge on any atom is 0.500 e. The monoisotopic (exact) mass is 524 g/mol. The van der Waals surface area contributed by atoms with E-state index < -0.39 is 8.80 Å². The van der Waals surface area contributed by atoms with Crippen LogP contribution in [-0.4, -0.2) is 94.5 Å². The van der Waals surface area contributed by atoms with Crippen LogP contribution in [-0.2, 0) is 32.2 Å². The molecular weight excluding hydrogens is 472 g/mol. The van der Waals surface area contributed by atoms with Gasteiger partial charge in [0.1, 0.15) is 0 Å². The Morgan fingerprint density at radius 1 is 0.588 bits per heavy atom. The van der Waals surface area contributed by atoms with Gasteiger partial charge in [0.2, 0.25) is 0 Å². The Balaban J connectivity index is 2.04. The summed E-state index contributed by atoms with van der Waals surface area (Å²) >= 11 is 1.87. The van der Waals surface area contributed by atoms with Gasteiger partial charge in [0.25, 0.3) is 0 Å². The van der Waals surface area contributed by atoms with E-state index in [1.54, 1.807) is 21.3 Å². The largest absolute Gasteiger partial charge is 0.500 e. The van der Waals surface area contributed by atoms with E-state index in [4.69, 9.17) is 32.2 Å². The van der Waals surface area contributed by atoms with Crippen LogP contribution >= 0.6 is 11.8 Å². The number of hydrogen-bond donors (Lipinski definition) is 0. The summed E-state index contributed by atoms with van der Waals surface area (Å²) in [7, 11) is 2.69. The summed E-state index contributed by atoms with van der Waals surface area (Å²) in [5, 5.41) is 0. The van der Waals surface area contributed by atoms with Gasteiger partial charge in [-0.2, -0.15) is 11.8 Å². The van der Waals surface area contributed by atoms with Crippen LogP contribution in [0.5, 0.6) is 0 Å². The molecule has 1 aliphatic rings. The van der Waals surface area contributed by atoms with E-state index in [0.29, 0.717) is 32.3 Å². The number of rotatable bonds is 15. The van der Waals surface area contributed by atoms with E-state index in [1.165, 1.54) is 57.8 Å². The molecule has 0 N–H and O–H groups in total. The summed E-state index contributed by atoms with van der Waals surface area (Å²) in [4.78, 5) is 0. The summed E-state index contributed by atoms with van der Waals surface area (Å²) in [5.74, 6) is 2.49. The first-order chi connectivity index (χ1) is 16.8. The van der Waals surface area contributed by atoms with Crippen molar-refractivity contribution >= 4 is 20.6 Å². The van der Waals surface area contributed by atoms with Crippen molar-refractivity contribution in [1.82, 2.24) is 0 Å². The Morgan fingerprint density at radius 2 is 1.03 bits per heavy atom. The summed E-state index contributed by atoms with van der Waals surface area (Å²) in [6.07, 6.45) is 12.6. The van der Waals surface area contributed by atoms with Gasteiger partial charge in [0.05, 0.1) is 52.9 Å². The van der Waals surface area contributed by atoms with Crippen LogP contribution in [0.4, 0.5) is 0 Å². The van der Waals surface area contributed by atoms with Crippen LogP contribution in [0.2, 0.25) is 6.04 Å². The fraction of sp³-hybridized carbons (Fsp3) is 1.00.